The molecule has 61 heavy (non-hydrogen) atoms. The first kappa shape index (κ1) is 45.2. The van der Waals surface area contributed by atoms with Crippen LogP contribution in [0.25, 0.3) is 0 Å². The molecule has 5 aromatic carbocycles. The van der Waals surface area contributed by atoms with Crippen LogP contribution in [0.1, 0.15) is 65.7 Å². The number of esters is 1. The quantitative estimate of drug-likeness (QED) is 0.0395. The summed E-state index contributed by atoms with van der Waals surface area (Å²) < 4.78 is 29.4. The van der Waals surface area contributed by atoms with Crippen LogP contribution >= 0.6 is 0 Å². The van der Waals surface area contributed by atoms with E-state index in [2.05, 4.69) is 16.0 Å². The summed E-state index contributed by atoms with van der Waals surface area (Å²) in [6.45, 7) is 3.84. The third-order valence-electron chi connectivity index (χ3n) is 9.33. The number of aliphatic hydroxyl groups excluding tert-OH is 1. The van der Waals surface area contributed by atoms with Crippen molar-refractivity contribution >= 4 is 23.9 Å². The lowest BCUT2D eigenvalue weighted by atomic mass is 10.1. The Morgan fingerprint density at radius 1 is 0.607 bits per heavy atom. The number of unbranched alkanes of at least 4 members (excludes halogenated alkanes) is 1. The number of nitrogens with one attached hydrogen (secondary N) is 3. The number of amides is 3. The van der Waals surface area contributed by atoms with Crippen LogP contribution < -0.4 is 30.2 Å². The number of benzene rings is 5. The summed E-state index contributed by atoms with van der Waals surface area (Å²) in [5.74, 6) is -1.43. The maximum absolute atomic E-state index is 14.3. The van der Waals surface area contributed by atoms with E-state index in [9.17, 15) is 24.3 Å². The molecule has 0 radical (unpaired) electrons. The molecule has 0 aliphatic heterocycles. The molecule has 5 rings (SSSR count). The maximum Gasteiger partial charge on any atom is 0.407 e. The minimum atomic E-state index is -1.38. The van der Waals surface area contributed by atoms with E-state index < -0.39 is 42.1 Å². The predicted molar refractivity (Wildman–Crippen MR) is 229 cm³/mol. The number of ether oxygens (including phenoxy) is 5. The second kappa shape index (κ2) is 24.3. The number of carbonyl (C=O) groups excluding carboxylic acids is 4. The molecule has 0 saturated heterocycles. The third kappa shape index (κ3) is 15.0. The summed E-state index contributed by atoms with van der Waals surface area (Å²) in [5.41, 5.74) is 3.61. The van der Waals surface area contributed by atoms with E-state index in [1.54, 1.807) is 6.92 Å². The lowest BCUT2D eigenvalue weighted by Crippen LogP contribution is -2.55. The maximum atomic E-state index is 14.3. The van der Waals surface area contributed by atoms with Gasteiger partial charge in [0, 0.05) is 12.1 Å². The fraction of sp³-hybridized carbons (Fsp3) is 0.292. The van der Waals surface area contributed by atoms with Crippen molar-refractivity contribution in [3.63, 3.8) is 0 Å². The largest absolute Gasteiger partial charge is 0.485 e. The predicted octanol–water partition coefficient (Wildman–Crippen LogP) is 7.05. The number of hydrogen-bond acceptors (Lipinski definition) is 10. The molecule has 0 fully saturated rings. The van der Waals surface area contributed by atoms with Gasteiger partial charge in [-0.3, -0.25) is 9.59 Å². The highest BCUT2D eigenvalue weighted by Crippen LogP contribution is 2.40. The van der Waals surface area contributed by atoms with Crippen LogP contribution in [-0.2, 0) is 45.5 Å². The SMILES string of the molecule is CCOC(=O)[C@H](NC(=O)[C@@H](CCCCNC(=O)OCc1ccccc1)NC(=O)c1cc(OCc2ccccc2)c(OCc2ccccc2)c(OCc2ccccc2)c1)[C@@H](C)O. The van der Waals surface area contributed by atoms with E-state index in [1.165, 1.54) is 19.1 Å². The number of hydrogen-bond donors (Lipinski definition) is 4. The van der Waals surface area contributed by atoms with E-state index in [-0.39, 0.29) is 68.8 Å². The minimum absolute atomic E-state index is 0.0350. The van der Waals surface area contributed by atoms with Gasteiger partial charge in [-0.15, -0.1) is 0 Å². The Balaban J connectivity index is 1.38. The van der Waals surface area contributed by atoms with Crippen molar-refractivity contribution in [2.75, 3.05) is 13.2 Å². The van der Waals surface area contributed by atoms with Gasteiger partial charge in [0.05, 0.1) is 12.7 Å². The Kier molecular flexibility index (Phi) is 18.0. The van der Waals surface area contributed by atoms with Crippen LogP contribution in [0, 0.1) is 0 Å². The standard InChI is InChI=1S/C48H53N3O10/c1-3-57-47(55)43(34(2)52)51-46(54)40(26-16-17-27-49-48(56)61-33-38-24-14-7-15-25-38)50-45(53)39-28-41(58-30-35-18-8-4-9-19-35)44(60-32-37-22-12-6-13-23-37)42(29-39)59-31-36-20-10-5-11-21-36/h4-15,18-25,28-29,34,40,43,52H,3,16-17,26-27,30-33H2,1-2H3,(H,49,56)(H,50,53)(H,51,54)/t34-,40-,43-/m1/s1. The van der Waals surface area contributed by atoms with Gasteiger partial charge < -0.3 is 44.7 Å². The lowest BCUT2D eigenvalue weighted by Gasteiger charge is -2.24. The smallest absolute Gasteiger partial charge is 0.407 e. The van der Waals surface area contributed by atoms with E-state index >= 15 is 0 Å². The van der Waals surface area contributed by atoms with E-state index in [1.807, 2.05) is 121 Å². The van der Waals surface area contributed by atoms with Crippen LogP contribution in [0.5, 0.6) is 17.2 Å². The fourth-order valence-corrected chi connectivity index (χ4v) is 6.08. The van der Waals surface area contributed by atoms with Crippen LogP contribution in [0.15, 0.2) is 133 Å². The van der Waals surface area contributed by atoms with Gasteiger partial charge in [0.15, 0.2) is 17.5 Å². The van der Waals surface area contributed by atoms with Crippen molar-refractivity contribution < 1.29 is 48.0 Å². The first-order chi connectivity index (χ1) is 29.7. The molecule has 0 saturated carbocycles. The molecule has 0 unspecified atom stereocenters. The molecule has 0 aromatic heterocycles. The van der Waals surface area contributed by atoms with Gasteiger partial charge in [-0.1, -0.05) is 121 Å². The van der Waals surface area contributed by atoms with Crippen molar-refractivity contribution in [2.45, 2.75) is 77.7 Å². The molecular weight excluding hydrogens is 779 g/mol. The number of alkyl carbamates (subject to hydrolysis) is 1. The molecule has 3 amide bonds. The van der Waals surface area contributed by atoms with Crippen molar-refractivity contribution in [3.8, 4) is 17.2 Å². The molecule has 0 aliphatic rings. The van der Waals surface area contributed by atoms with Crippen molar-refractivity contribution in [1.82, 2.24) is 16.0 Å². The molecule has 3 atom stereocenters. The second-order valence-electron chi connectivity index (χ2n) is 14.1. The van der Waals surface area contributed by atoms with Crippen LogP contribution in [-0.4, -0.2) is 60.3 Å². The molecule has 5 aromatic rings. The molecule has 0 heterocycles. The molecule has 0 bridgehead atoms. The molecule has 13 nitrogen and oxygen atoms in total. The highest BCUT2D eigenvalue weighted by atomic mass is 16.6. The van der Waals surface area contributed by atoms with Gasteiger partial charge in [-0.2, -0.15) is 0 Å². The summed E-state index contributed by atoms with van der Waals surface area (Å²) in [6.07, 6.45) is -0.963. The number of aliphatic hydroxyl groups is 1. The van der Waals surface area contributed by atoms with Gasteiger partial charge >= 0.3 is 12.1 Å². The third-order valence-corrected chi connectivity index (χ3v) is 9.33. The van der Waals surface area contributed by atoms with Gasteiger partial charge in [0.25, 0.3) is 5.91 Å². The molecule has 320 valence electrons. The van der Waals surface area contributed by atoms with Crippen LogP contribution in [0.2, 0.25) is 0 Å². The van der Waals surface area contributed by atoms with Gasteiger partial charge in [0.2, 0.25) is 11.7 Å². The highest BCUT2D eigenvalue weighted by Gasteiger charge is 2.31. The minimum Gasteiger partial charge on any atom is -0.485 e. The summed E-state index contributed by atoms with van der Waals surface area (Å²) in [6, 6.07) is 38.4. The molecule has 4 N–H and O–H groups in total. The molecular formula is C48H53N3O10. The van der Waals surface area contributed by atoms with Gasteiger partial charge in [-0.25, -0.2) is 9.59 Å². The molecule has 13 heteroatoms. The van der Waals surface area contributed by atoms with Crippen LogP contribution in [0.4, 0.5) is 4.79 Å². The van der Waals surface area contributed by atoms with Crippen molar-refractivity contribution in [3.05, 3.63) is 161 Å². The zero-order chi connectivity index (χ0) is 43.2. The summed E-state index contributed by atoms with van der Waals surface area (Å²) in [4.78, 5) is 53.1. The fourth-order valence-electron chi connectivity index (χ4n) is 6.08. The Morgan fingerprint density at radius 3 is 1.56 bits per heavy atom. The topological polar surface area (TPSA) is 171 Å². The first-order valence-electron chi connectivity index (χ1n) is 20.3. The Labute approximate surface area is 356 Å². The van der Waals surface area contributed by atoms with E-state index in [4.69, 9.17) is 23.7 Å². The van der Waals surface area contributed by atoms with E-state index in [0.29, 0.717) is 12.8 Å². The Hall–Kier alpha value is -6.86. The van der Waals surface area contributed by atoms with E-state index in [0.717, 1.165) is 22.3 Å². The number of rotatable bonds is 23. The normalized spacial score (nSPS) is 12.2. The summed E-state index contributed by atoms with van der Waals surface area (Å²) in [7, 11) is 0. The average molecular weight is 832 g/mol. The Bertz CT molecular complexity index is 2060. The number of carbonyl (C=O) groups is 4. The highest BCUT2D eigenvalue weighted by molar-refractivity contribution is 5.99. The van der Waals surface area contributed by atoms with Crippen LogP contribution in [0.3, 0.4) is 0 Å². The van der Waals surface area contributed by atoms with Crippen molar-refractivity contribution in [2.24, 2.45) is 0 Å². The second-order valence-corrected chi connectivity index (χ2v) is 14.1. The van der Waals surface area contributed by atoms with Gasteiger partial charge in [0.1, 0.15) is 32.5 Å². The zero-order valence-corrected chi connectivity index (χ0v) is 34.4. The summed E-state index contributed by atoms with van der Waals surface area (Å²) >= 11 is 0. The van der Waals surface area contributed by atoms with Gasteiger partial charge in [-0.05, 0) is 67.5 Å². The molecule has 0 spiro atoms. The average Bonchev–Trinajstić information content (AvgIpc) is 3.28. The van der Waals surface area contributed by atoms with Crippen molar-refractivity contribution in [1.29, 1.82) is 0 Å². The monoisotopic (exact) mass is 831 g/mol. The zero-order valence-electron chi connectivity index (χ0n) is 34.4. The first-order valence-corrected chi connectivity index (χ1v) is 20.3. The molecule has 0 aliphatic carbocycles. The Morgan fingerprint density at radius 2 is 1.08 bits per heavy atom. The summed E-state index contributed by atoms with van der Waals surface area (Å²) in [5, 5.41) is 18.5. The lowest BCUT2D eigenvalue weighted by molar-refractivity contribution is -0.150.